The topological polar surface area (TPSA) is 55.1 Å². The highest BCUT2D eigenvalue weighted by Crippen LogP contribution is 2.20. The van der Waals surface area contributed by atoms with Crippen LogP contribution in [-0.2, 0) is 0 Å². The molecule has 3 nitrogen and oxygen atoms in total. The lowest BCUT2D eigenvalue weighted by Gasteiger charge is -2.11. The molecule has 104 valence electrons. The Morgan fingerprint density at radius 3 is 2.45 bits per heavy atom. The molecule has 0 spiro atoms. The lowest BCUT2D eigenvalue weighted by Crippen LogP contribution is -2.15. The molecule has 0 fully saturated rings. The molecule has 0 heterocycles. The number of halogens is 2. The zero-order valence-corrected chi connectivity index (χ0v) is 11.1. The zero-order chi connectivity index (χ0) is 14.9. The summed E-state index contributed by atoms with van der Waals surface area (Å²) < 4.78 is 26.3. The van der Waals surface area contributed by atoms with E-state index in [1.165, 1.54) is 6.07 Å². The van der Waals surface area contributed by atoms with Crippen molar-refractivity contribution in [3.05, 3.63) is 58.7 Å². The molecule has 0 saturated heterocycles. The minimum absolute atomic E-state index is 0.0741. The average molecular weight is 276 g/mol. The van der Waals surface area contributed by atoms with Gasteiger partial charge in [0.1, 0.15) is 11.6 Å². The molecule has 0 aliphatic heterocycles. The summed E-state index contributed by atoms with van der Waals surface area (Å²) in [6.45, 7) is 3.60. The third-order valence-electron chi connectivity index (χ3n) is 3.04. The summed E-state index contributed by atoms with van der Waals surface area (Å²) in [5.74, 6) is -2.01. The minimum Gasteiger partial charge on any atom is -0.398 e. The highest BCUT2D eigenvalue weighted by atomic mass is 19.1. The first-order chi connectivity index (χ1) is 9.38. The predicted molar refractivity (Wildman–Crippen MR) is 74.6 cm³/mol. The second-order valence-corrected chi connectivity index (χ2v) is 4.60. The van der Waals surface area contributed by atoms with Crippen molar-refractivity contribution in [1.29, 1.82) is 0 Å². The van der Waals surface area contributed by atoms with E-state index < -0.39 is 17.5 Å². The van der Waals surface area contributed by atoms with Gasteiger partial charge in [0.25, 0.3) is 5.91 Å². The normalized spacial score (nSPS) is 10.4. The molecule has 2 rings (SSSR count). The number of carbonyl (C=O) groups excluding carboxylic acids is 1. The summed E-state index contributed by atoms with van der Waals surface area (Å²) in [7, 11) is 0. The van der Waals surface area contributed by atoms with Crippen LogP contribution in [0.15, 0.2) is 30.3 Å². The van der Waals surface area contributed by atoms with E-state index in [4.69, 9.17) is 5.73 Å². The van der Waals surface area contributed by atoms with Gasteiger partial charge in [0.05, 0.1) is 5.69 Å². The summed E-state index contributed by atoms with van der Waals surface area (Å²) >= 11 is 0. The second-order valence-electron chi connectivity index (χ2n) is 4.60. The van der Waals surface area contributed by atoms with Gasteiger partial charge in [-0.15, -0.1) is 0 Å². The Morgan fingerprint density at radius 2 is 1.80 bits per heavy atom. The van der Waals surface area contributed by atoms with Crippen LogP contribution < -0.4 is 11.1 Å². The Labute approximate surface area is 115 Å². The molecule has 0 aromatic heterocycles. The van der Waals surface area contributed by atoms with E-state index in [0.29, 0.717) is 17.3 Å². The van der Waals surface area contributed by atoms with Crippen LogP contribution in [0.25, 0.3) is 0 Å². The van der Waals surface area contributed by atoms with Crippen molar-refractivity contribution in [2.45, 2.75) is 13.8 Å². The first-order valence-corrected chi connectivity index (χ1v) is 6.01. The maximum Gasteiger partial charge on any atom is 0.256 e. The molecule has 3 N–H and O–H groups in total. The van der Waals surface area contributed by atoms with Crippen LogP contribution in [0.4, 0.5) is 20.2 Å². The van der Waals surface area contributed by atoms with E-state index in [2.05, 4.69) is 5.32 Å². The van der Waals surface area contributed by atoms with E-state index in [-0.39, 0.29) is 5.69 Å². The molecular formula is C15H14F2N2O. The second kappa shape index (κ2) is 5.28. The van der Waals surface area contributed by atoms with Crippen LogP contribution in [0, 0.1) is 25.5 Å². The number of rotatable bonds is 2. The van der Waals surface area contributed by atoms with Gasteiger partial charge >= 0.3 is 0 Å². The van der Waals surface area contributed by atoms with E-state index >= 15 is 0 Å². The monoisotopic (exact) mass is 276 g/mol. The van der Waals surface area contributed by atoms with Gasteiger partial charge in [0, 0.05) is 17.3 Å². The van der Waals surface area contributed by atoms with E-state index in [0.717, 1.165) is 17.2 Å². The van der Waals surface area contributed by atoms with Crippen molar-refractivity contribution in [3.63, 3.8) is 0 Å². The minimum atomic E-state index is -0.823. The summed E-state index contributed by atoms with van der Waals surface area (Å²) in [5, 5.41) is 2.41. The Bertz CT molecular complexity index is 684. The molecule has 5 heteroatoms. The average Bonchev–Trinajstić information content (AvgIpc) is 2.37. The quantitative estimate of drug-likeness (QED) is 0.826. The number of nitrogens with one attached hydrogen (secondary N) is 1. The number of carbonyl (C=O) groups is 1. The molecule has 2 aromatic carbocycles. The van der Waals surface area contributed by atoms with Crippen molar-refractivity contribution >= 4 is 17.3 Å². The van der Waals surface area contributed by atoms with Crippen LogP contribution >= 0.6 is 0 Å². The van der Waals surface area contributed by atoms with Crippen LogP contribution in [0.3, 0.4) is 0 Å². The standard InChI is InChI=1S/C15H14F2N2O/c1-8-5-9(2)13(18)7-11(8)15(20)19-14-4-3-10(16)6-12(14)17/h3-7H,18H2,1-2H3,(H,19,20). The molecule has 0 saturated carbocycles. The third kappa shape index (κ3) is 2.77. The van der Waals surface area contributed by atoms with Crippen molar-refractivity contribution in [2.24, 2.45) is 0 Å². The van der Waals surface area contributed by atoms with Crippen molar-refractivity contribution in [2.75, 3.05) is 11.1 Å². The number of nitrogen functional groups attached to an aromatic ring is 1. The number of hydrogen-bond donors (Lipinski definition) is 2. The van der Waals surface area contributed by atoms with E-state index in [1.807, 2.05) is 6.92 Å². The van der Waals surface area contributed by atoms with Gasteiger partial charge in [-0.25, -0.2) is 8.78 Å². The maximum absolute atomic E-state index is 13.5. The number of hydrogen-bond acceptors (Lipinski definition) is 2. The number of amides is 1. The molecule has 0 aliphatic carbocycles. The molecule has 0 aliphatic rings. The maximum atomic E-state index is 13.5. The third-order valence-corrected chi connectivity index (χ3v) is 3.04. The van der Waals surface area contributed by atoms with Crippen LogP contribution in [-0.4, -0.2) is 5.91 Å². The fraction of sp³-hybridized carbons (Fsp3) is 0.133. The molecule has 0 radical (unpaired) electrons. The Hall–Kier alpha value is -2.43. The lowest BCUT2D eigenvalue weighted by molar-refractivity contribution is 0.102. The van der Waals surface area contributed by atoms with Gasteiger partial charge in [0.15, 0.2) is 0 Å². The summed E-state index contributed by atoms with van der Waals surface area (Å²) in [4.78, 5) is 12.1. The lowest BCUT2D eigenvalue weighted by atomic mass is 10.0. The van der Waals surface area contributed by atoms with Crippen LogP contribution in [0.1, 0.15) is 21.5 Å². The summed E-state index contributed by atoms with van der Waals surface area (Å²) in [6, 6.07) is 6.29. The SMILES string of the molecule is Cc1cc(C)c(C(=O)Nc2ccc(F)cc2F)cc1N. The van der Waals surface area contributed by atoms with Crippen molar-refractivity contribution < 1.29 is 13.6 Å². The number of anilines is 2. The first kappa shape index (κ1) is 14.0. The van der Waals surface area contributed by atoms with Crippen molar-refractivity contribution in [1.82, 2.24) is 0 Å². The van der Waals surface area contributed by atoms with Gasteiger partial charge in [0.2, 0.25) is 0 Å². The Morgan fingerprint density at radius 1 is 1.10 bits per heavy atom. The summed E-state index contributed by atoms with van der Waals surface area (Å²) in [5.41, 5.74) is 8.14. The van der Waals surface area contributed by atoms with Crippen LogP contribution in [0.5, 0.6) is 0 Å². The van der Waals surface area contributed by atoms with E-state index in [9.17, 15) is 13.6 Å². The fourth-order valence-corrected chi connectivity index (χ4v) is 1.89. The Kier molecular flexibility index (Phi) is 3.70. The molecular weight excluding hydrogens is 262 g/mol. The zero-order valence-electron chi connectivity index (χ0n) is 11.1. The fourth-order valence-electron chi connectivity index (χ4n) is 1.89. The molecule has 0 bridgehead atoms. The molecule has 0 unspecified atom stereocenters. The molecule has 20 heavy (non-hydrogen) atoms. The highest BCUT2D eigenvalue weighted by Gasteiger charge is 2.13. The largest absolute Gasteiger partial charge is 0.398 e. The van der Waals surface area contributed by atoms with Gasteiger partial charge < -0.3 is 11.1 Å². The van der Waals surface area contributed by atoms with Crippen molar-refractivity contribution in [3.8, 4) is 0 Å². The number of benzene rings is 2. The molecule has 0 atom stereocenters. The Balaban J connectivity index is 2.31. The molecule has 1 amide bonds. The highest BCUT2D eigenvalue weighted by molar-refractivity contribution is 6.06. The molecule has 2 aromatic rings. The summed E-state index contributed by atoms with van der Waals surface area (Å²) in [6.07, 6.45) is 0. The van der Waals surface area contributed by atoms with Gasteiger partial charge in [-0.05, 0) is 43.2 Å². The van der Waals surface area contributed by atoms with Gasteiger partial charge in [-0.3, -0.25) is 4.79 Å². The number of nitrogens with two attached hydrogens (primary N) is 1. The number of aryl methyl sites for hydroxylation is 2. The van der Waals surface area contributed by atoms with Crippen LogP contribution in [0.2, 0.25) is 0 Å². The smallest absolute Gasteiger partial charge is 0.256 e. The predicted octanol–water partition coefficient (Wildman–Crippen LogP) is 3.42. The van der Waals surface area contributed by atoms with Gasteiger partial charge in [-0.1, -0.05) is 6.07 Å². The van der Waals surface area contributed by atoms with Gasteiger partial charge in [-0.2, -0.15) is 0 Å². The van der Waals surface area contributed by atoms with E-state index in [1.54, 1.807) is 19.1 Å². The first-order valence-electron chi connectivity index (χ1n) is 6.01.